The maximum atomic E-state index is 13.4. The van der Waals surface area contributed by atoms with Crippen molar-refractivity contribution in [1.82, 2.24) is 0 Å². The van der Waals surface area contributed by atoms with Gasteiger partial charge in [-0.05, 0) is 16.7 Å². The SMILES string of the molecule is COC(=O)C(F)C(=O)Cc1ccc(-c2ccccc2)cc1. The van der Waals surface area contributed by atoms with E-state index in [4.69, 9.17) is 0 Å². The van der Waals surface area contributed by atoms with E-state index in [1.807, 2.05) is 42.5 Å². The van der Waals surface area contributed by atoms with E-state index in [1.165, 1.54) is 0 Å². The lowest BCUT2D eigenvalue weighted by Gasteiger charge is -2.06. The molecular formula is C17H15FO3. The molecule has 4 heteroatoms. The van der Waals surface area contributed by atoms with Gasteiger partial charge in [-0.15, -0.1) is 0 Å². The van der Waals surface area contributed by atoms with Crippen molar-refractivity contribution < 1.29 is 18.7 Å². The Morgan fingerprint density at radius 1 is 1.00 bits per heavy atom. The number of hydrogen-bond acceptors (Lipinski definition) is 3. The Bertz CT molecular complexity index is 620. The summed E-state index contributed by atoms with van der Waals surface area (Å²) in [5.74, 6) is -1.95. The van der Waals surface area contributed by atoms with Crippen molar-refractivity contribution in [2.75, 3.05) is 7.11 Å². The van der Waals surface area contributed by atoms with E-state index in [1.54, 1.807) is 12.1 Å². The van der Waals surface area contributed by atoms with Crippen LogP contribution in [0.2, 0.25) is 0 Å². The highest BCUT2D eigenvalue weighted by Gasteiger charge is 2.26. The Morgan fingerprint density at radius 2 is 1.57 bits per heavy atom. The number of methoxy groups -OCH3 is 1. The molecule has 0 aromatic heterocycles. The number of esters is 1. The first kappa shape index (κ1) is 14.9. The quantitative estimate of drug-likeness (QED) is 0.627. The molecule has 2 aromatic carbocycles. The van der Waals surface area contributed by atoms with Gasteiger partial charge >= 0.3 is 5.97 Å². The predicted octanol–water partition coefficient (Wildman–Crippen LogP) is 2.98. The van der Waals surface area contributed by atoms with Crippen LogP contribution >= 0.6 is 0 Å². The third-order valence-corrected chi connectivity index (χ3v) is 3.13. The van der Waals surface area contributed by atoms with Gasteiger partial charge in [0.15, 0.2) is 5.78 Å². The Hall–Kier alpha value is -2.49. The summed E-state index contributed by atoms with van der Waals surface area (Å²) in [4.78, 5) is 22.6. The molecular weight excluding hydrogens is 271 g/mol. The largest absolute Gasteiger partial charge is 0.467 e. The maximum absolute atomic E-state index is 13.4. The van der Waals surface area contributed by atoms with Crippen LogP contribution in [0.25, 0.3) is 11.1 Å². The number of hydrogen-bond donors (Lipinski definition) is 0. The number of benzene rings is 2. The second kappa shape index (κ2) is 6.79. The lowest BCUT2D eigenvalue weighted by molar-refractivity contribution is -0.150. The van der Waals surface area contributed by atoms with Crippen molar-refractivity contribution in [2.24, 2.45) is 0 Å². The molecule has 0 radical (unpaired) electrons. The molecule has 3 nitrogen and oxygen atoms in total. The van der Waals surface area contributed by atoms with Crippen LogP contribution in [0.4, 0.5) is 4.39 Å². The van der Waals surface area contributed by atoms with E-state index in [2.05, 4.69) is 4.74 Å². The van der Waals surface area contributed by atoms with E-state index in [0.717, 1.165) is 18.2 Å². The number of carbonyl (C=O) groups excluding carboxylic acids is 2. The van der Waals surface area contributed by atoms with Crippen molar-refractivity contribution in [3.63, 3.8) is 0 Å². The van der Waals surface area contributed by atoms with Gasteiger partial charge in [0.1, 0.15) is 0 Å². The third kappa shape index (κ3) is 3.75. The molecule has 1 atom stereocenters. The minimum Gasteiger partial charge on any atom is -0.467 e. The van der Waals surface area contributed by atoms with Crippen molar-refractivity contribution in [1.29, 1.82) is 0 Å². The Balaban J connectivity index is 2.06. The van der Waals surface area contributed by atoms with Crippen LogP contribution in [0.5, 0.6) is 0 Å². The Morgan fingerprint density at radius 3 is 2.14 bits per heavy atom. The molecule has 108 valence electrons. The van der Waals surface area contributed by atoms with Crippen LogP contribution in [0.15, 0.2) is 54.6 Å². The first-order valence-electron chi connectivity index (χ1n) is 6.51. The lowest BCUT2D eigenvalue weighted by Crippen LogP contribution is -2.28. The van der Waals surface area contributed by atoms with E-state index < -0.39 is 17.9 Å². The molecule has 0 fully saturated rings. The first-order chi connectivity index (χ1) is 10.1. The number of halogens is 1. The van der Waals surface area contributed by atoms with Crippen molar-refractivity contribution >= 4 is 11.8 Å². The molecule has 0 spiro atoms. The molecule has 21 heavy (non-hydrogen) atoms. The predicted molar refractivity (Wildman–Crippen MR) is 77.5 cm³/mol. The fraction of sp³-hybridized carbons (Fsp3) is 0.176. The zero-order valence-corrected chi connectivity index (χ0v) is 11.6. The topological polar surface area (TPSA) is 43.4 Å². The fourth-order valence-corrected chi connectivity index (χ4v) is 1.97. The van der Waals surface area contributed by atoms with Crippen LogP contribution in [-0.2, 0) is 20.7 Å². The number of rotatable bonds is 5. The van der Waals surface area contributed by atoms with E-state index >= 15 is 0 Å². The highest BCUT2D eigenvalue weighted by molar-refractivity contribution is 6.02. The van der Waals surface area contributed by atoms with Crippen molar-refractivity contribution in [3.8, 4) is 11.1 Å². The van der Waals surface area contributed by atoms with Gasteiger partial charge in [0.05, 0.1) is 7.11 Å². The van der Waals surface area contributed by atoms with Gasteiger partial charge in [-0.3, -0.25) is 4.79 Å². The summed E-state index contributed by atoms with van der Waals surface area (Å²) >= 11 is 0. The van der Waals surface area contributed by atoms with Gasteiger partial charge in [-0.25, -0.2) is 9.18 Å². The van der Waals surface area contributed by atoms with E-state index in [9.17, 15) is 14.0 Å². The fourth-order valence-electron chi connectivity index (χ4n) is 1.97. The number of ether oxygens (including phenoxy) is 1. The molecule has 0 heterocycles. The number of carbonyl (C=O) groups is 2. The highest BCUT2D eigenvalue weighted by atomic mass is 19.1. The summed E-state index contributed by atoms with van der Waals surface area (Å²) in [5, 5.41) is 0. The second-order valence-corrected chi connectivity index (χ2v) is 4.59. The Kier molecular flexibility index (Phi) is 4.82. The molecule has 0 saturated carbocycles. The third-order valence-electron chi connectivity index (χ3n) is 3.13. The zero-order chi connectivity index (χ0) is 15.2. The minimum atomic E-state index is -2.22. The van der Waals surface area contributed by atoms with Crippen LogP contribution in [0, 0.1) is 0 Å². The zero-order valence-electron chi connectivity index (χ0n) is 11.6. The average Bonchev–Trinajstić information content (AvgIpc) is 2.54. The standard InChI is InChI=1S/C17H15FO3/c1-21-17(20)16(18)15(19)11-12-7-9-14(10-8-12)13-5-3-2-4-6-13/h2-10,16H,11H2,1H3. The van der Waals surface area contributed by atoms with Crippen molar-refractivity contribution in [2.45, 2.75) is 12.6 Å². The average molecular weight is 286 g/mol. The summed E-state index contributed by atoms with van der Waals surface area (Å²) in [6, 6.07) is 17.0. The lowest BCUT2D eigenvalue weighted by atomic mass is 10.0. The molecule has 0 aliphatic rings. The maximum Gasteiger partial charge on any atom is 0.348 e. The van der Waals surface area contributed by atoms with Crippen LogP contribution in [0.1, 0.15) is 5.56 Å². The molecule has 0 aliphatic carbocycles. The Labute approximate surface area is 122 Å². The van der Waals surface area contributed by atoms with Crippen LogP contribution in [-0.4, -0.2) is 25.0 Å². The normalized spacial score (nSPS) is 11.7. The summed E-state index contributed by atoms with van der Waals surface area (Å²) in [6.07, 6.45) is -2.35. The summed E-state index contributed by atoms with van der Waals surface area (Å²) in [6.45, 7) is 0. The molecule has 0 N–H and O–H groups in total. The van der Waals surface area contributed by atoms with Gasteiger partial charge in [0.25, 0.3) is 6.17 Å². The number of alkyl halides is 1. The van der Waals surface area contributed by atoms with Gasteiger partial charge in [0, 0.05) is 6.42 Å². The monoisotopic (exact) mass is 286 g/mol. The van der Waals surface area contributed by atoms with Gasteiger partial charge in [-0.2, -0.15) is 0 Å². The van der Waals surface area contributed by atoms with Crippen LogP contribution < -0.4 is 0 Å². The van der Waals surface area contributed by atoms with E-state index in [0.29, 0.717) is 5.56 Å². The van der Waals surface area contributed by atoms with Gasteiger partial charge in [0.2, 0.25) is 0 Å². The summed E-state index contributed by atoms with van der Waals surface area (Å²) < 4.78 is 17.6. The second-order valence-electron chi connectivity index (χ2n) is 4.59. The molecule has 0 aliphatic heterocycles. The molecule has 0 saturated heterocycles. The molecule has 2 aromatic rings. The minimum absolute atomic E-state index is 0.134. The smallest absolute Gasteiger partial charge is 0.348 e. The highest BCUT2D eigenvalue weighted by Crippen LogP contribution is 2.19. The molecule has 0 amide bonds. The molecule has 0 bridgehead atoms. The summed E-state index contributed by atoms with van der Waals surface area (Å²) in [7, 11) is 1.05. The van der Waals surface area contributed by atoms with Crippen molar-refractivity contribution in [3.05, 3.63) is 60.2 Å². The first-order valence-corrected chi connectivity index (χ1v) is 6.51. The number of ketones is 1. The molecule has 2 rings (SSSR count). The van der Waals surface area contributed by atoms with Gasteiger partial charge < -0.3 is 4.74 Å². The number of Topliss-reactive ketones (excluding diaryl/α,β-unsaturated/α-hetero) is 1. The molecule has 1 unspecified atom stereocenters. The summed E-state index contributed by atoms with van der Waals surface area (Å²) in [5.41, 5.74) is 2.73. The van der Waals surface area contributed by atoms with Crippen LogP contribution in [0.3, 0.4) is 0 Å². The van der Waals surface area contributed by atoms with Gasteiger partial charge in [-0.1, -0.05) is 54.6 Å². The van der Waals surface area contributed by atoms with E-state index in [-0.39, 0.29) is 6.42 Å².